The molecule has 1 amide bonds. The SMILES string of the molecule is CN(C)S(=O)(=O)C1(c2ccccc2)C=C(c2cccnc2)C=C(C(N)=O)C1. The molecule has 0 saturated carbocycles. The van der Waals surface area contributed by atoms with E-state index < -0.39 is 20.7 Å². The van der Waals surface area contributed by atoms with Crippen LogP contribution >= 0.6 is 0 Å². The second kappa shape index (κ2) is 7.09. The number of nitrogens with zero attached hydrogens (tertiary/aromatic N) is 2. The molecule has 2 aromatic rings. The van der Waals surface area contributed by atoms with Crippen molar-refractivity contribution in [3.05, 3.63) is 83.7 Å². The normalized spacial score (nSPS) is 20.1. The van der Waals surface area contributed by atoms with Crippen LogP contribution in [0.5, 0.6) is 0 Å². The van der Waals surface area contributed by atoms with E-state index in [-0.39, 0.29) is 12.0 Å². The van der Waals surface area contributed by atoms with Crippen LogP contribution in [0.1, 0.15) is 17.5 Å². The molecule has 1 aliphatic rings. The molecular formula is C20H21N3O3S. The molecule has 0 spiro atoms. The van der Waals surface area contributed by atoms with Crippen LogP contribution in [0.25, 0.3) is 5.57 Å². The number of pyridine rings is 1. The van der Waals surface area contributed by atoms with Gasteiger partial charge in [0.05, 0.1) is 0 Å². The molecule has 0 fully saturated rings. The highest BCUT2D eigenvalue weighted by molar-refractivity contribution is 7.90. The lowest BCUT2D eigenvalue weighted by atomic mass is 9.82. The summed E-state index contributed by atoms with van der Waals surface area (Å²) in [7, 11) is -0.862. The number of primary amides is 1. The van der Waals surface area contributed by atoms with Crippen molar-refractivity contribution in [2.24, 2.45) is 5.73 Å². The highest BCUT2D eigenvalue weighted by atomic mass is 32.2. The van der Waals surface area contributed by atoms with E-state index in [2.05, 4.69) is 4.98 Å². The van der Waals surface area contributed by atoms with Crippen LogP contribution in [0, 0.1) is 0 Å². The van der Waals surface area contributed by atoms with Gasteiger partial charge in [0, 0.05) is 38.5 Å². The van der Waals surface area contributed by atoms with Crippen molar-refractivity contribution in [1.82, 2.24) is 9.29 Å². The van der Waals surface area contributed by atoms with Gasteiger partial charge in [-0.25, -0.2) is 12.7 Å². The van der Waals surface area contributed by atoms with Crippen LogP contribution in [-0.2, 0) is 19.6 Å². The number of carbonyl (C=O) groups excluding carboxylic acids is 1. The van der Waals surface area contributed by atoms with Crippen molar-refractivity contribution in [3.8, 4) is 0 Å². The standard InChI is InChI=1S/C20H21N3O3S/c1-23(2)27(25,26)20(18-8-4-3-5-9-18)12-16(11-17(13-20)19(21)24)15-7-6-10-22-14-15/h3-12,14H,13H2,1-2H3,(H2,21,24). The number of aromatic nitrogens is 1. The van der Waals surface area contributed by atoms with Gasteiger partial charge in [-0.3, -0.25) is 9.78 Å². The van der Waals surface area contributed by atoms with Gasteiger partial charge >= 0.3 is 0 Å². The van der Waals surface area contributed by atoms with Gasteiger partial charge in [0.2, 0.25) is 15.9 Å². The average molecular weight is 383 g/mol. The third-order valence-corrected chi connectivity index (χ3v) is 7.07. The minimum Gasteiger partial charge on any atom is -0.366 e. The summed E-state index contributed by atoms with van der Waals surface area (Å²) in [5, 5.41) is 0. The molecule has 1 aromatic heterocycles. The van der Waals surface area contributed by atoms with Crippen LogP contribution in [0.4, 0.5) is 0 Å². The maximum Gasteiger partial charge on any atom is 0.244 e. The quantitative estimate of drug-likeness (QED) is 0.855. The molecule has 7 heteroatoms. The zero-order valence-corrected chi connectivity index (χ0v) is 16.0. The molecule has 1 atom stereocenters. The van der Waals surface area contributed by atoms with Gasteiger partial charge in [-0.15, -0.1) is 0 Å². The summed E-state index contributed by atoms with van der Waals surface area (Å²) < 4.78 is 26.6. The number of hydrogen-bond acceptors (Lipinski definition) is 4. The number of sulfonamides is 1. The lowest BCUT2D eigenvalue weighted by molar-refractivity contribution is -0.114. The van der Waals surface area contributed by atoms with E-state index in [1.165, 1.54) is 18.4 Å². The predicted molar refractivity (Wildman–Crippen MR) is 105 cm³/mol. The Labute approximate surface area is 159 Å². The average Bonchev–Trinajstić information content (AvgIpc) is 2.68. The van der Waals surface area contributed by atoms with Crippen molar-refractivity contribution < 1.29 is 13.2 Å². The van der Waals surface area contributed by atoms with Gasteiger partial charge in [-0.05, 0) is 34.9 Å². The number of benzene rings is 1. The van der Waals surface area contributed by atoms with Gasteiger partial charge in [-0.1, -0.05) is 36.4 Å². The second-order valence-electron chi connectivity index (χ2n) is 6.59. The van der Waals surface area contributed by atoms with E-state index in [1.54, 1.807) is 54.9 Å². The monoisotopic (exact) mass is 383 g/mol. The van der Waals surface area contributed by atoms with E-state index in [9.17, 15) is 13.2 Å². The second-order valence-corrected chi connectivity index (χ2v) is 9.00. The zero-order chi connectivity index (χ0) is 19.7. The van der Waals surface area contributed by atoms with Crippen molar-refractivity contribution in [1.29, 1.82) is 0 Å². The summed E-state index contributed by atoms with van der Waals surface area (Å²) in [6, 6.07) is 12.5. The molecule has 0 saturated heterocycles. The number of nitrogens with two attached hydrogens (primary N) is 1. The molecule has 0 bridgehead atoms. The molecular weight excluding hydrogens is 362 g/mol. The molecule has 1 aliphatic carbocycles. The smallest absolute Gasteiger partial charge is 0.244 e. The van der Waals surface area contributed by atoms with E-state index in [1.807, 2.05) is 12.1 Å². The molecule has 1 unspecified atom stereocenters. The molecule has 6 nitrogen and oxygen atoms in total. The lowest BCUT2D eigenvalue weighted by Crippen LogP contribution is -2.44. The largest absolute Gasteiger partial charge is 0.366 e. The van der Waals surface area contributed by atoms with E-state index in [0.29, 0.717) is 16.7 Å². The third-order valence-electron chi connectivity index (χ3n) is 4.69. The van der Waals surface area contributed by atoms with Gasteiger partial charge < -0.3 is 5.73 Å². The fraction of sp³-hybridized carbons (Fsp3) is 0.200. The molecule has 140 valence electrons. The van der Waals surface area contributed by atoms with Crippen LogP contribution in [-0.4, -0.2) is 37.7 Å². The lowest BCUT2D eigenvalue weighted by Gasteiger charge is -2.36. The molecule has 2 N–H and O–H groups in total. The Morgan fingerprint density at radius 2 is 1.85 bits per heavy atom. The van der Waals surface area contributed by atoms with Crippen molar-refractivity contribution >= 4 is 21.5 Å². The van der Waals surface area contributed by atoms with Gasteiger partial charge in [-0.2, -0.15) is 0 Å². The minimum atomic E-state index is -3.83. The van der Waals surface area contributed by atoms with Gasteiger partial charge in [0.25, 0.3) is 0 Å². The Hall–Kier alpha value is -2.77. The zero-order valence-electron chi connectivity index (χ0n) is 15.2. The summed E-state index contributed by atoms with van der Waals surface area (Å²) >= 11 is 0. The number of allylic oxidation sites excluding steroid dienone is 2. The number of rotatable bonds is 5. The Morgan fingerprint density at radius 3 is 2.41 bits per heavy atom. The highest BCUT2D eigenvalue weighted by Gasteiger charge is 2.48. The van der Waals surface area contributed by atoms with E-state index >= 15 is 0 Å². The van der Waals surface area contributed by atoms with Crippen LogP contribution < -0.4 is 5.73 Å². The van der Waals surface area contributed by atoms with Crippen LogP contribution in [0.2, 0.25) is 0 Å². The number of carbonyl (C=O) groups is 1. The first kappa shape index (κ1) is 19.0. The Kier molecular flexibility index (Phi) is 4.99. The number of amides is 1. The Balaban J connectivity index is 2.35. The van der Waals surface area contributed by atoms with Gasteiger partial charge in [0.1, 0.15) is 4.75 Å². The number of hydrogen-bond donors (Lipinski definition) is 1. The van der Waals surface area contributed by atoms with E-state index in [4.69, 9.17) is 5.73 Å². The maximum atomic E-state index is 13.4. The van der Waals surface area contributed by atoms with Crippen LogP contribution in [0.15, 0.2) is 72.6 Å². The predicted octanol–water partition coefficient (Wildman–Crippen LogP) is 2.07. The molecule has 1 aromatic carbocycles. The fourth-order valence-electron chi connectivity index (χ4n) is 3.27. The van der Waals surface area contributed by atoms with Crippen molar-refractivity contribution in [2.75, 3.05) is 14.1 Å². The first-order valence-electron chi connectivity index (χ1n) is 8.39. The van der Waals surface area contributed by atoms with Crippen LogP contribution in [0.3, 0.4) is 0 Å². The first-order chi connectivity index (χ1) is 12.8. The summed E-state index contributed by atoms with van der Waals surface area (Å²) in [5.41, 5.74) is 7.71. The summed E-state index contributed by atoms with van der Waals surface area (Å²) in [6.45, 7) is 0. The molecule has 0 aliphatic heterocycles. The van der Waals surface area contributed by atoms with E-state index in [0.717, 1.165) is 0 Å². The minimum absolute atomic E-state index is 0.0311. The first-order valence-corrected chi connectivity index (χ1v) is 9.83. The molecule has 3 rings (SSSR count). The Bertz CT molecular complexity index is 1010. The third kappa shape index (κ3) is 3.31. The Morgan fingerprint density at radius 1 is 1.15 bits per heavy atom. The molecule has 1 heterocycles. The summed E-state index contributed by atoms with van der Waals surface area (Å²) in [5.74, 6) is -0.640. The highest BCUT2D eigenvalue weighted by Crippen LogP contribution is 2.45. The topological polar surface area (TPSA) is 93.4 Å². The maximum absolute atomic E-state index is 13.4. The van der Waals surface area contributed by atoms with Gasteiger partial charge in [0.15, 0.2) is 0 Å². The molecule has 27 heavy (non-hydrogen) atoms. The fourth-order valence-corrected chi connectivity index (χ4v) is 4.97. The summed E-state index contributed by atoms with van der Waals surface area (Å²) in [4.78, 5) is 16.2. The molecule has 0 radical (unpaired) electrons. The van der Waals surface area contributed by atoms with Crippen molar-refractivity contribution in [2.45, 2.75) is 11.2 Å². The summed E-state index contributed by atoms with van der Waals surface area (Å²) in [6.07, 6.45) is 6.57. The van der Waals surface area contributed by atoms with Crippen molar-refractivity contribution in [3.63, 3.8) is 0 Å².